The Balaban J connectivity index is 2.79. The van der Waals surface area contributed by atoms with Gasteiger partial charge in [0, 0.05) is 5.92 Å². The maximum Gasteiger partial charge on any atom is 0.157 e. The molecule has 4 heteroatoms. The SMILES string of the molecule is CC1CCCS(=O)(=O)CC1=O. The molecule has 0 aromatic carbocycles. The molecule has 0 spiro atoms. The monoisotopic (exact) mass is 176 g/mol. The summed E-state index contributed by atoms with van der Waals surface area (Å²) >= 11 is 0. The van der Waals surface area contributed by atoms with Crippen LogP contribution in [-0.2, 0) is 14.6 Å². The van der Waals surface area contributed by atoms with E-state index in [-0.39, 0.29) is 23.2 Å². The largest absolute Gasteiger partial charge is 0.298 e. The third-order valence-corrected chi connectivity index (χ3v) is 3.64. The predicted octanol–water partition coefficient (Wildman–Crippen LogP) is 0.400. The average Bonchev–Trinajstić information content (AvgIpc) is 1.93. The average molecular weight is 176 g/mol. The summed E-state index contributed by atoms with van der Waals surface area (Å²) in [6, 6.07) is 0. The number of rotatable bonds is 0. The molecule has 3 nitrogen and oxygen atoms in total. The van der Waals surface area contributed by atoms with Crippen molar-refractivity contribution in [3.05, 3.63) is 0 Å². The molecule has 64 valence electrons. The van der Waals surface area contributed by atoms with Gasteiger partial charge in [0.2, 0.25) is 0 Å². The van der Waals surface area contributed by atoms with Crippen LogP contribution in [0.3, 0.4) is 0 Å². The predicted molar refractivity (Wildman–Crippen MR) is 42.1 cm³/mol. The second-order valence-electron chi connectivity index (χ2n) is 3.10. The minimum atomic E-state index is -3.05. The van der Waals surface area contributed by atoms with Gasteiger partial charge in [-0.25, -0.2) is 8.42 Å². The van der Waals surface area contributed by atoms with Crippen molar-refractivity contribution in [2.45, 2.75) is 19.8 Å². The van der Waals surface area contributed by atoms with Gasteiger partial charge in [-0.2, -0.15) is 0 Å². The Morgan fingerprint density at radius 3 is 2.73 bits per heavy atom. The lowest BCUT2D eigenvalue weighted by atomic mass is 10.0. The molecule has 0 radical (unpaired) electrons. The van der Waals surface area contributed by atoms with E-state index in [4.69, 9.17) is 0 Å². The molecule has 1 heterocycles. The van der Waals surface area contributed by atoms with Crippen molar-refractivity contribution in [3.8, 4) is 0 Å². The molecule has 1 aliphatic heterocycles. The molecule has 1 rings (SSSR count). The molecular formula is C7H12O3S. The summed E-state index contributed by atoms with van der Waals surface area (Å²) in [6.45, 7) is 1.79. The van der Waals surface area contributed by atoms with Gasteiger partial charge in [-0.05, 0) is 12.8 Å². The molecule has 1 fully saturated rings. The van der Waals surface area contributed by atoms with Crippen LogP contribution in [0, 0.1) is 5.92 Å². The van der Waals surface area contributed by atoms with Crippen LogP contribution >= 0.6 is 0 Å². The number of carbonyl (C=O) groups is 1. The van der Waals surface area contributed by atoms with E-state index in [1.807, 2.05) is 0 Å². The van der Waals surface area contributed by atoms with Gasteiger partial charge in [0.25, 0.3) is 0 Å². The molecule has 0 aromatic heterocycles. The molecule has 11 heavy (non-hydrogen) atoms. The van der Waals surface area contributed by atoms with Gasteiger partial charge in [-0.1, -0.05) is 6.92 Å². The van der Waals surface area contributed by atoms with Crippen LogP contribution in [0.15, 0.2) is 0 Å². The highest BCUT2D eigenvalue weighted by Gasteiger charge is 2.25. The molecule has 1 aliphatic rings. The normalized spacial score (nSPS) is 31.4. The van der Waals surface area contributed by atoms with Crippen molar-refractivity contribution in [1.82, 2.24) is 0 Å². The molecular weight excluding hydrogens is 164 g/mol. The van der Waals surface area contributed by atoms with E-state index < -0.39 is 9.84 Å². The molecule has 0 N–H and O–H groups in total. The van der Waals surface area contributed by atoms with Crippen molar-refractivity contribution >= 4 is 15.6 Å². The number of hydrogen-bond acceptors (Lipinski definition) is 3. The first-order chi connectivity index (χ1) is 5.01. The number of hydrogen-bond donors (Lipinski definition) is 0. The molecule has 1 atom stereocenters. The van der Waals surface area contributed by atoms with Gasteiger partial charge in [0.15, 0.2) is 15.6 Å². The van der Waals surface area contributed by atoms with Crippen LogP contribution in [0.1, 0.15) is 19.8 Å². The molecule has 1 saturated heterocycles. The zero-order valence-electron chi connectivity index (χ0n) is 6.54. The van der Waals surface area contributed by atoms with E-state index in [9.17, 15) is 13.2 Å². The highest BCUT2D eigenvalue weighted by atomic mass is 32.2. The lowest BCUT2D eigenvalue weighted by Gasteiger charge is -2.01. The number of carbonyl (C=O) groups excluding carboxylic acids is 1. The highest BCUT2D eigenvalue weighted by molar-refractivity contribution is 7.92. The summed E-state index contributed by atoms with van der Waals surface area (Å²) < 4.78 is 22.0. The fourth-order valence-electron chi connectivity index (χ4n) is 1.20. The van der Waals surface area contributed by atoms with Gasteiger partial charge in [0.1, 0.15) is 5.75 Å². The van der Waals surface area contributed by atoms with Crippen molar-refractivity contribution < 1.29 is 13.2 Å². The minimum absolute atomic E-state index is 0.0627. The lowest BCUT2D eigenvalue weighted by Crippen LogP contribution is -2.19. The van der Waals surface area contributed by atoms with Crippen LogP contribution in [0.2, 0.25) is 0 Å². The van der Waals surface area contributed by atoms with Crippen LogP contribution in [0.5, 0.6) is 0 Å². The molecule has 0 saturated carbocycles. The molecule has 0 amide bonds. The number of Topliss-reactive ketones (excluding diaryl/α,β-unsaturated/α-hetero) is 1. The Labute approximate surface area is 66.7 Å². The first-order valence-electron chi connectivity index (χ1n) is 3.74. The van der Waals surface area contributed by atoms with Gasteiger partial charge in [-0.3, -0.25) is 4.79 Å². The topological polar surface area (TPSA) is 51.2 Å². The van der Waals surface area contributed by atoms with Crippen LogP contribution in [0.4, 0.5) is 0 Å². The quantitative estimate of drug-likeness (QED) is 0.537. The summed E-state index contributed by atoms with van der Waals surface area (Å²) in [5, 5.41) is 0. The minimum Gasteiger partial charge on any atom is -0.298 e. The highest BCUT2D eigenvalue weighted by Crippen LogP contribution is 2.14. The molecule has 0 aliphatic carbocycles. The van der Waals surface area contributed by atoms with Gasteiger partial charge in [0.05, 0.1) is 5.75 Å². The van der Waals surface area contributed by atoms with Crippen LogP contribution in [-0.4, -0.2) is 25.7 Å². The Morgan fingerprint density at radius 1 is 1.45 bits per heavy atom. The van der Waals surface area contributed by atoms with Gasteiger partial charge < -0.3 is 0 Å². The summed E-state index contributed by atoms with van der Waals surface area (Å²) in [7, 11) is -3.05. The third kappa shape index (κ3) is 2.29. The van der Waals surface area contributed by atoms with E-state index in [1.54, 1.807) is 6.92 Å². The molecule has 0 aromatic rings. The Hall–Kier alpha value is -0.380. The van der Waals surface area contributed by atoms with E-state index in [0.717, 1.165) is 6.42 Å². The van der Waals surface area contributed by atoms with Crippen molar-refractivity contribution in [2.75, 3.05) is 11.5 Å². The van der Waals surface area contributed by atoms with E-state index in [0.29, 0.717) is 6.42 Å². The first kappa shape index (κ1) is 8.71. The Bertz CT molecular complexity index is 253. The van der Waals surface area contributed by atoms with E-state index in [1.165, 1.54) is 0 Å². The maximum atomic E-state index is 11.1. The number of ketones is 1. The first-order valence-corrected chi connectivity index (χ1v) is 5.56. The van der Waals surface area contributed by atoms with Crippen LogP contribution in [0.25, 0.3) is 0 Å². The Kier molecular flexibility index (Phi) is 2.32. The lowest BCUT2D eigenvalue weighted by molar-refractivity contribution is -0.119. The Morgan fingerprint density at radius 2 is 2.09 bits per heavy atom. The second-order valence-corrected chi connectivity index (χ2v) is 5.29. The van der Waals surface area contributed by atoms with Gasteiger partial charge >= 0.3 is 0 Å². The van der Waals surface area contributed by atoms with Crippen LogP contribution < -0.4 is 0 Å². The van der Waals surface area contributed by atoms with Crippen molar-refractivity contribution in [2.24, 2.45) is 5.92 Å². The molecule has 1 unspecified atom stereocenters. The fraction of sp³-hybridized carbons (Fsp3) is 0.857. The zero-order chi connectivity index (χ0) is 8.48. The van der Waals surface area contributed by atoms with Crippen molar-refractivity contribution in [3.63, 3.8) is 0 Å². The second kappa shape index (κ2) is 2.93. The smallest absolute Gasteiger partial charge is 0.157 e. The van der Waals surface area contributed by atoms with Gasteiger partial charge in [-0.15, -0.1) is 0 Å². The third-order valence-electron chi connectivity index (χ3n) is 2.00. The fourth-order valence-corrected chi connectivity index (χ4v) is 2.67. The summed E-state index contributed by atoms with van der Waals surface area (Å²) in [5.41, 5.74) is 0. The summed E-state index contributed by atoms with van der Waals surface area (Å²) in [6.07, 6.45) is 1.35. The number of sulfone groups is 1. The molecule has 0 bridgehead atoms. The maximum absolute atomic E-state index is 11.1. The van der Waals surface area contributed by atoms with E-state index in [2.05, 4.69) is 0 Å². The summed E-state index contributed by atoms with van der Waals surface area (Å²) in [4.78, 5) is 11.1. The zero-order valence-corrected chi connectivity index (χ0v) is 7.36. The van der Waals surface area contributed by atoms with Crippen molar-refractivity contribution in [1.29, 1.82) is 0 Å². The van der Waals surface area contributed by atoms with E-state index >= 15 is 0 Å². The summed E-state index contributed by atoms with van der Waals surface area (Å²) in [5.74, 6) is -0.244. The standard InChI is InChI=1S/C7H12O3S/c1-6-3-2-4-11(9,10)5-7(6)8/h6H,2-5H2,1H3.